The standard InChI is InChI=1S/C52H82O23/c1-47(2)13-15-52(46(67)75-44-36(63)33(60)32(59)26(18-53)70-44)16-14-50(5)22(23(52)17-47)7-8-28-48(3)11-10-29(49(4,21-54)27(48)9-12-51(28,50)6)71-45-39(73-43-35(62)31(58)25(56)20-69-43)37(64)38(40(74-45)41(65)66)72-42-34(61)30(57)24(55)19-68-42/h7,23-40,42-45,53-64H,8-21H2,1-6H3,(H,65,66). The first-order valence-electron chi connectivity index (χ1n) is 26.8. The molecule has 4 heterocycles. The van der Waals surface area contributed by atoms with Crippen molar-refractivity contribution in [2.45, 2.75) is 222 Å². The number of carboxylic acids is 1. The topological polar surface area (TPSA) is 371 Å². The van der Waals surface area contributed by atoms with Gasteiger partial charge < -0.3 is 104 Å². The summed E-state index contributed by atoms with van der Waals surface area (Å²) in [4.78, 5) is 27.7. The summed E-state index contributed by atoms with van der Waals surface area (Å²) in [5.41, 5.74) is -2.07. The zero-order chi connectivity index (χ0) is 54.7. The minimum absolute atomic E-state index is 0.0660. The molecule has 13 N–H and O–H groups in total. The van der Waals surface area contributed by atoms with Gasteiger partial charge in [0.05, 0.1) is 37.9 Å². The number of fused-ring (bicyclic) bond motifs is 7. The van der Waals surface area contributed by atoms with Gasteiger partial charge in [-0.05, 0) is 104 Å². The van der Waals surface area contributed by atoms with E-state index in [1.165, 1.54) is 5.57 Å². The van der Waals surface area contributed by atoms with E-state index < -0.39 is 170 Å². The molecule has 0 aromatic rings. The van der Waals surface area contributed by atoms with Gasteiger partial charge >= 0.3 is 11.9 Å². The molecule has 4 saturated heterocycles. The van der Waals surface area contributed by atoms with E-state index in [4.69, 9.17) is 37.9 Å². The van der Waals surface area contributed by atoms with Gasteiger partial charge in [-0.25, -0.2) is 4.79 Å². The van der Waals surface area contributed by atoms with Gasteiger partial charge in [0.2, 0.25) is 6.29 Å². The number of aliphatic carboxylic acids is 1. The fraction of sp³-hybridized carbons (Fsp3) is 0.923. The van der Waals surface area contributed by atoms with Crippen LogP contribution in [-0.4, -0.2) is 221 Å². The molecule has 0 aromatic carbocycles. The number of ether oxygens (including phenoxy) is 8. The molecule has 9 rings (SSSR count). The molecule has 428 valence electrons. The number of carboxylic acid groups (broad SMARTS) is 1. The Morgan fingerprint density at radius 1 is 0.627 bits per heavy atom. The Hall–Kier alpha value is -2.08. The zero-order valence-corrected chi connectivity index (χ0v) is 43.6. The van der Waals surface area contributed by atoms with Gasteiger partial charge in [-0.1, -0.05) is 53.2 Å². The zero-order valence-electron chi connectivity index (χ0n) is 43.6. The number of rotatable bonds is 11. The molecule has 0 amide bonds. The second-order valence-electron chi connectivity index (χ2n) is 25.3. The predicted octanol–water partition coefficient (Wildman–Crippen LogP) is -1.69. The van der Waals surface area contributed by atoms with Crippen LogP contribution in [0, 0.1) is 50.2 Å². The van der Waals surface area contributed by atoms with Crippen LogP contribution in [0.3, 0.4) is 0 Å². The molecule has 0 bridgehead atoms. The van der Waals surface area contributed by atoms with Gasteiger partial charge in [-0.2, -0.15) is 0 Å². The van der Waals surface area contributed by atoms with Crippen LogP contribution in [0.4, 0.5) is 0 Å². The maximum absolute atomic E-state index is 14.8. The van der Waals surface area contributed by atoms with Crippen molar-refractivity contribution in [3.8, 4) is 0 Å². The summed E-state index contributed by atoms with van der Waals surface area (Å²) in [6, 6.07) is 0. The number of aliphatic hydroxyl groups is 12. The molecule has 75 heavy (non-hydrogen) atoms. The lowest BCUT2D eigenvalue weighted by atomic mass is 9.33. The van der Waals surface area contributed by atoms with Gasteiger partial charge in [0.1, 0.15) is 79.4 Å². The Morgan fingerprint density at radius 2 is 1.23 bits per heavy atom. The van der Waals surface area contributed by atoms with Crippen LogP contribution in [0.2, 0.25) is 0 Å². The Morgan fingerprint density at radius 3 is 1.83 bits per heavy atom. The van der Waals surface area contributed by atoms with Gasteiger partial charge in [0.15, 0.2) is 25.0 Å². The maximum Gasteiger partial charge on any atom is 0.335 e. The molecule has 27 unspecified atom stereocenters. The van der Waals surface area contributed by atoms with Crippen LogP contribution < -0.4 is 0 Å². The third-order valence-corrected chi connectivity index (χ3v) is 20.8. The number of aliphatic hydroxyl groups excluding tert-OH is 12. The number of allylic oxidation sites excluding steroid dienone is 2. The lowest BCUT2D eigenvalue weighted by molar-refractivity contribution is -0.383. The van der Waals surface area contributed by atoms with E-state index in [-0.39, 0.29) is 35.2 Å². The third-order valence-electron chi connectivity index (χ3n) is 20.8. The lowest BCUT2D eigenvalue weighted by Gasteiger charge is -2.71. The molecule has 0 spiro atoms. The largest absolute Gasteiger partial charge is 0.479 e. The summed E-state index contributed by atoms with van der Waals surface area (Å²) in [6.07, 6.45) is -23.6. The fourth-order valence-corrected chi connectivity index (χ4v) is 15.9. The minimum atomic E-state index is -2.03. The third kappa shape index (κ3) is 9.35. The quantitative estimate of drug-likeness (QED) is 0.0623. The molecule has 0 radical (unpaired) electrons. The number of hydrogen-bond donors (Lipinski definition) is 13. The second-order valence-corrected chi connectivity index (χ2v) is 25.3. The number of carbonyl (C=O) groups is 2. The van der Waals surface area contributed by atoms with E-state index in [9.17, 15) is 76.0 Å². The Labute approximate surface area is 435 Å². The highest BCUT2D eigenvalue weighted by Crippen LogP contribution is 2.76. The molecule has 8 fully saturated rings. The van der Waals surface area contributed by atoms with Crippen LogP contribution in [0.1, 0.15) is 106 Å². The molecule has 4 saturated carbocycles. The van der Waals surface area contributed by atoms with Crippen LogP contribution in [-0.2, 0) is 47.5 Å². The number of esters is 1. The summed E-state index contributed by atoms with van der Waals surface area (Å²) in [7, 11) is 0. The highest BCUT2D eigenvalue weighted by Gasteiger charge is 2.71. The normalized spacial score (nSPS) is 53.8. The first-order chi connectivity index (χ1) is 35.1. The molecule has 9 aliphatic rings. The average Bonchev–Trinajstić information content (AvgIpc) is 3.36. The summed E-state index contributed by atoms with van der Waals surface area (Å²) < 4.78 is 47.3. The molecule has 23 nitrogen and oxygen atoms in total. The first kappa shape index (κ1) is 57.6. The van der Waals surface area contributed by atoms with Crippen molar-refractivity contribution in [3.63, 3.8) is 0 Å². The minimum Gasteiger partial charge on any atom is -0.479 e. The number of carbonyl (C=O) groups excluding carboxylic acids is 1. The highest BCUT2D eigenvalue weighted by molar-refractivity contribution is 5.79. The molecule has 27 atom stereocenters. The van der Waals surface area contributed by atoms with Crippen LogP contribution in [0.25, 0.3) is 0 Å². The van der Waals surface area contributed by atoms with Gasteiger partial charge in [-0.15, -0.1) is 0 Å². The second kappa shape index (κ2) is 20.8. The maximum atomic E-state index is 14.8. The predicted molar refractivity (Wildman–Crippen MR) is 253 cm³/mol. The SMILES string of the molecule is CC1(C)CCC2(C(=O)OC3OC(CO)C(O)C(O)C3O)CCC3(C)C(=CCC4C5(C)CCC(OC6OC(C(=O)O)C(OC7OCC(O)C(O)C7O)C(O)C6OC6OCC(O)C(O)C6O)C(C)(CO)C5CCC43C)C2C1. The van der Waals surface area contributed by atoms with Crippen LogP contribution in [0.15, 0.2) is 11.6 Å². The molecule has 5 aliphatic carbocycles. The Balaban J connectivity index is 0.989. The van der Waals surface area contributed by atoms with E-state index in [1.807, 2.05) is 6.92 Å². The molecular weight excluding hydrogens is 993 g/mol. The van der Waals surface area contributed by atoms with E-state index in [0.717, 1.165) is 12.8 Å². The van der Waals surface area contributed by atoms with Gasteiger partial charge in [0.25, 0.3) is 0 Å². The highest BCUT2D eigenvalue weighted by atomic mass is 16.8. The summed E-state index contributed by atoms with van der Waals surface area (Å²) in [5.74, 6) is -2.54. The van der Waals surface area contributed by atoms with Crippen molar-refractivity contribution in [3.05, 3.63) is 11.6 Å². The molecular formula is C52H82O23. The van der Waals surface area contributed by atoms with Gasteiger partial charge in [0, 0.05) is 5.41 Å². The van der Waals surface area contributed by atoms with E-state index >= 15 is 0 Å². The van der Waals surface area contributed by atoms with Crippen molar-refractivity contribution in [1.29, 1.82) is 0 Å². The summed E-state index contributed by atoms with van der Waals surface area (Å²) >= 11 is 0. The first-order valence-corrected chi connectivity index (χ1v) is 26.8. The van der Waals surface area contributed by atoms with Crippen molar-refractivity contribution >= 4 is 11.9 Å². The van der Waals surface area contributed by atoms with E-state index in [2.05, 4.69) is 40.7 Å². The Bertz CT molecular complexity index is 2110. The number of hydrogen-bond acceptors (Lipinski definition) is 22. The molecule has 0 aromatic heterocycles. The van der Waals surface area contributed by atoms with Crippen LogP contribution >= 0.6 is 0 Å². The van der Waals surface area contributed by atoms with Gasteiger partial charge in [-0.3, -0.25) is 4.79 Å². The summed E-state index contributed by atoms with van der Waals surface area (Å²) in [5, 5.41) is 139. The Kier molecular flexibility index (Phi) is 16.0. The van der Waals surface area contributed by atoms with E-state index in [0.29, 0.717) is 51.4 Å². The van der Waals surface area contributed by atoms with Crippen molar-refractivity contribution in [1.82, 2.24) is 0 Å². The fourth-order valence-electron chi connectivity index (χ4n) is 15.9. The van der Waals surface area contributed by atoms with Crippen LogP contribution in [0.5, 0.6) is 0 Å². The van der Waals surface area contributed by atoms with E-state index in [1.54, 1.807) is 0 Å². The van der Waals surface area contributed by atoms with Crippen molar-refractivity contribution in [2.24, 2.45) is 50.2 Å². The van der Waals surface area contributed by atoms with Crippen molar-refractivity contribution in [2.75, 3.05) is 26.4 Å². The molecule has 4 aliphatic heterocycles. The smallest absolute Gasteiger partial charge is 0.335 e. The van der Waals surface area contributed by atoms with Crippen molar-refractivity contribution < 1.29 is 114 Å². The monoisotopic (exact) mass is 1070 g/mol. The lowest BCUT2D eigenvalue weighted by Crippen LogP contribution is -2.68. The molecule has 23 heteroatoms. The average molecular weight is 1080 g/mol. The summed E-state index contributed by atoms with van der Waals surface area (Å²) in [6.45, 7) is 11.2.